The first-order chi connectivity index (χ1) is 54.1. The van der Waals surface area contributed by atoms with Gasteiger partial charge in [-0.3, -0.25) is 4.90 Å². The van der Waals surface area contributed by atoms with Crippen LogP contribution in [0, 0.1) is 0 Å². The van der Waals surface area contributed by atoms with Gasteiger partial charge in [0.05, 0.1) is 87.5 Å². The van der Waals surface area contributed by atoms with Crippen molar-refractivity contribution in [3.05, 3.63) is 205 Å². The van der Waals surface area contributed by atoms with E-state index in [1.807, 2.05) is 63.2 Å². The van der Waals surface area contributed by atoms with Crippen molar-refractivity contribution in [2.75, 3.05) is 149 Å². The minimum absolute atomic E-state index is 0.0146. The molecule has 0 saturated carbocycles. The number of hydrogen-bond donors (Lipinski definition) is 6. The second-order valence-corrected chi connectivity index (χ2v) is 33.8. The van der Waals surface area contributed by atoms with Crippen molar-refractivity contribution in [1.82, 2.24) is 29.0 Å². The normalized spacial score (nSPS) is 13.5. The van der Waals surface area contributed by atoms with Gasteiger partial charge in [0.2, 0.25) is 0 Å². The molecular weight excluding hydrogens is 1500 g/mol. The van der Waals surface area contributed by atoms with Crippen LogP contribution < -0.4 is 10.6 Å². The zero-order valence-corrected chi connectivity index (χ0v) is 70.4. The number of aromatic amines is 1. The van der Waals surface area contributed by atoms with Crippen LogP contribution in [0.5, 0.6) is 0 Å². The molecule has 0 radical (unpaired) electrons. The number of benzene rings is 7. The first-order valence-corrected chi connectivity index (χ1v) is 43.2. The maximum Gasteiger partial charge on any atom is 0.447 e. The number of nitrogens with two attached hydrogens (primary N) is 1. The summed E-state index contributed by atoms with van der Waals surface area (Å²) in [7, 11) is -10.1. The Balaban J connectivity index is 0.000000279. The Morgan fingerprint density at radius 3 is 1.39 bits per heavy atom. The second kappa shape index (κ2) is 53.7. The number of piperidine rings is 1. The van der Waals surface area contributed by atoms with E-state index in [-0.39, 0.29) is 69.1 Å². The predicted octanol–water partition coefficient (Wildman–Crippen LogP) is 14.4. The number of amides is 1. The molecule has 2 aliphatic rings. The van der Waals surface area contributed by atoms with E-state index in [0.717, 1.165) is 54.2 Å². The van der Waals surface area contributed by atoms with Crippen LogP contribution >= 0.6 is 0 Å². The van der Waals surface area contributed by atoms with Crippen molar-refractivity contribution in [3.63, 3.8) is 0 Å². The van der Waals surface area contributed by atoms with E-state index in [2.05, 4.69) is 213 Å². The van der Waals surface area contributed by atoms with E-state index in [0.29, 0.717) is 81.7 Å². The number of likely N-dealkylation sites (tertiary alicyclic amines) is 1. The molecule has 8 aromatic rings. The summed E-state index contributed by atoms with van der Waals surface area (Å²) in [5, 5.41) is 35.1. The molecule has 0 atom stereocenters. The lowest BCUT2D eigenvalue weighted by Gasteiger charge is -2.34. The molecule has 0 aliphatic carbocycles. The van der Waals surface area contributed by atoms with Gasteiger partial charge in [0.1, 0.15) is 11.4 Å². The van der Waals surface area contributed by atoms with Gasteiger partial charge in [-0.1, -0.05) is 195 Å². The van der Waals surface area contributed by atoms with Gasteiger partial charge in [0.15, 0.2) is 24.8 Å². The largest absolute Gasteiger partial charge is 0.742 e. The van der Waals surface area contributed by atoms with Crippen LogP contribution in [0.2, 0.25) is 0 Å². The number of para-hydroxylation sites is 4. The number of likely N-dealkylation sites (N-methyl/N-ethyl adjacent to an activating group) is 1. The average molecular weight is 1630 g/mol. The number of piperazine rings is 1. The van der Waals surface area contributed by atoms with E-state index >= 15 is 0 Å². The van der Waals surface area contributed by atoms with Crippen molar-refractivity contribution in [1.29, 1.82) is 0 Å². The van der Waals surface area contributed by atoms with Crippen LogP contribution in [0.3, 0.4) is 0 Å². The number of nitrogens with zero attached hydrogens (tertiary/aromatic N) is 6. The number of rotatable bonds is 33. The first-order valence-electron chi connectivity index (χ1n) is 39.1. The topological polar surface area (TPSA) is 297 Å². The quantitative estimate of drug-likeness (QED) is 0.00964. The Hall–Kier alpha value is -7.45. The number of H-pyrrole nitrogens is 1. The molecule has 2 saturated heterocycles. The number of carbonyl (C=O) groups excluding carboxylic acids is 1. The summed E-state index contributed by atoms with van der Waals surface area (Å²) in [6.07, 6.45) is 6.72. The van der Waals surface area contributed by atoms with Crippen LogP contribution in [0.1, 0.15) is 130 Å². The van der Waals surface area contributed by atoms with Gasteiger partial charge < -0.3 is 69.3 Å². The van der Waals surface area contributed by atoms with Crippen molar-refractivity contribution in [2.45, 2.75) is 150 Å². The third-order valence-corrected chi connectivity index (χ3v) is 23.9. The number of alkyl halides is 2. The lowest BCUT2D eigenvalue weighted by molar-refractivity contribution is -0.000778. The molecule has 7 N–H and O–H groups in total. The molecular formula is C86H126F2N8O14S3. The van der Waals surface area contributed by atoms with Crippen molar-refractivity contribution >= 4 is 59.5 Å². The molecule has 0 spiro atoms. The Morgan fingerprint density at radius 1 is 0.593 bits per heavy atom. The number of fused-ring (bicyclic) bond motifs is 1. The van der Waals surface area contributed by atoms with Gasteiger partial charge in [-0.2, -0.15) is 13.1 Å². The van der Waals surface area contributed by atoms with Gasteiger partial charge in [0.25, 0.3) is 10.0 Å². The zero-order chi connectivity index (χ0) is 83.1. The van der Waals surface area contributed by atoms with Crippen molar-refractivity contribution in [3.8, 4) is 11.4 Å². The summed E-state index contributed by atoms with van der Waals surface area (Å²) in [6.45, 7) is 27.3. The maximum absolute atomic E-state index is 13.0. The van der Waals surface area contributed by atoms with Crippen LogP contribution in [0.25, 0.3) is 22.4 Å². The molecule has 0 bridgehead atoms. The molecule has 3 heterocycles. The smallest absolute Gasteiger partial charge is 0.447 e. The van der Waals surface area contributed by atoms with Crippen LogP contribution in [0.4, 0.5) is 25.0 Å². The predicted molar refractivity (Wildman–Crippen MR) is 451 cm³/mol. The summed E-state index contributed by atoms with van der Waals surface area (Å²) in [6, 6.07) is 67.4. The number of halogens is 2. The molecule has 7 aromatic carbocycles. The Morgan fingerprint density at radius 2 is 1.00 bits per heavy atom. The molecule has 2 aliphatic heterocycles. The summed E-state index contributed by atoms with van der Waals surface area (Å²) in [4.78, 5) is 31.6. The molecule has 1 aromatic heterocycles. The molecule has 22 nitrogen and oxygen atoms in total. The molecule has 1 amide bonds. The fraction of sp³-hybridized carbons (Fsp3) is 0.488. The number of hydrogen-bond acceptors (Lipinski definition) is 19. The number of carbonyl (C=O) groups is 1. The molecule has 113 heavy (non-hydrogen) atoms. The number of aromatic nitrogens is 2. The molecule has 2 fully saturated rings. The lowest BCUT2D eigenvalue weighted by Crippen LogP contribution is -2.54. The van der Waals surface area contributed by atoms with Gasteiger partial charge >= 0.3 is 10.7 Å². The highest BCUT2D eigenvalue weighted by Gasteiger charge is 2.55. The van der Waals surface area contributed by atoms with Crippen LogP contribution in [-0.4, -0.2) is 232 Å². The Kier molecular flexibility index (Phi) is 46.5. The maximum atomic E-state index is 13.0. The van der Waals surface area contributed by atoms with E-state index in [4.69, 9.17) is 40.0 Å². The van der Waals surface area contributed by atoms with Crippen molar-refractivity contribution < 1.29 is 74.3 Å². The van der Waals surface area contributed by atoms with Crippen LogP contribution in [0.15, 0.2) is 209 Å². The first kappa shape index (κ1) is 97.9. The minimum Gasteiger partial charge on any atom is -0.742 e. The van der Waals surface area contributed by atoms with E-state index in [1.54, 1.807) is 16.8 Å². The summed E-state index contributed by atoms with van der Waals surface area (Å²) < 4.78 is 95.6. The highest BCUT2D eigenvalue weighted by Crippen LogP contribution is 2.33. The van der Waals surface area contributed by atoms with E-state index < -0.39 is 30.3 Å². The van der Waals surface area contributed by atoms with E-state index in [9.17, 15) is 40.1 Å². The Labute approximate surface area is 674 Å². The minimum atomic E-state index is -6.25. The van der Waals surface area contributed by atoms with Gasteiger partial charge in [-0.25, -0.2) is 26.6 Å². The number of sulfonamides is 1. The van der Waals surface area contributed by atoms with Crippen molar-refractivity contribution in [2.24, 2.45) is 0 Å². The number of unbranched alkanes of at least 4 members (excludes halogenated alkanes) is 2. The number of nitrogen functional groups attached to an aromatic ring is 1. The fourth-order valence-electron chi connectivity index (χ4n) is 11.2. The van der Waals surface area contributed by atoms with Gasteiger partial charge in [0, 0.05) is 88.9 Å². The summed E-state index contributed by atoms with van der Waals surface area (Å²) >= 11 is 0. The third-order valence-electron chi connectivity index (χ3n) is 18.2. The summed E-state index contributed by atoms with van der Waals surface area (Å²) in [5.74, 6) is 1.95. The monoisotopic (exact) mass is 1630 g/mol. The average Bonchev–Trinajstić information content (AvgIpc) is 1.34. The molecule has 0 unspecified atom stereocenters. The van der Waals surface area contributed by atoms with Crippen LogP contribution in [-0.2, 0) is 50.0 Å². The Bertz CT molecular complexity index is 3850. The lowest BCUT2D eigenvalue weighted by atomic mass is 9.93. The number of ether oxygens (including phenoxy) is 4. The number of anilines is 2. The van der Waals surface area contributed by atoms with E-state index in [1.165, 1.54) is 70.3 Å². The number of imidazole rings is 1. The zero-order valence-electron chi connectivity index (χ0n) is 67.9. The summed E-state index contributed by atoms with van der Waals surface area (Å²) in [5.41, 5.74) is 13.8. The second-order valence-electron chi connectivity index (χ2n) is 28.1. The molecule has 10 rings (SSSR count). The number of nitrogens with one attached hydrogen (secondary N) is 1. The standard InChI is InChI=1S/C18H15S.C14H23N.C13H10N2.C12H27NO6.C12H19N.C11H21NO3.C6H12F2N2O5S2/c1-4-10-16(11-5-1)19(17-12-6-2-7-13-17)18-14-8-3-9-15-18;1-3-5-12-15(13-6-4-2)14-10-8-7-9-11-14;1-2-6-10(7-3-1)13-14-11-8-4-5-9-12(11)15-13;14-4-10-17-7-1-13(2-8-18-11-5-15)3-9-19-12-6-16;1-8(2)10-6-5-7-11(9(3)4)12(10)13;1-4-11(2,3)15-10(14)12-7-5-9(13)6-8-12;1-9-2-4-10(5-3-9)16(11,12)6(7,8)17(13,14)15/h1-15H;7-11H,3-6,12-13H2,1-2H3;1-9H,(H,14,15);14-16H,1-12H2;5-9H,13H2,1-4H3;9,13H,4-8H2,1-3H3;2-5H2,1H3,(H,13,14,15)/q+1;;;;;;/p-1. The number of aliphatic hydroxyl groups is 4. The molecule has 626 valence electrons. The highest BCUT2D eigenvalue weighted by molar-refractivity contribution is 8.06. The highest BCUT2D eigenvalue weighted by atomic mass is 32.3. The van der Waals surface area contributed by atoms with Gasteiger partial charge in [-0.15, -0.1) is 0 Å². The third kappa shape index (κ3) is 35.7. The SMILES string of the molecule is CC(C)c1cccc(C(C)C)c1N.CCC(C)(C)OC(=O)N1CCC(O)CC1.CCCCN(CCCC)c1ccccc1.CN1CCN(S(=O)(=O)C(F)(F)S(=O)(=O)[O-])CC1.OCCOCCN(CCOCCO)CCOCCO.c1ccc(-c2nc3ccccc3[nH]2)cc1.c1ccc([S+](c2ccccc2)c2ccccc2)cc1. The number of aliphatic hydroxyl groups excluding tert-OH is 4. The molecule has 27 heteroatoms. The fourth-order valence-corrected chi connectivity index (χ4v) is 15.6. The van der Waals surface area contributed by atoms with Gasteiger partial charge in [-0.05, 0) is 137 Å².